The quantitative estimate of drug-likeness (QED) is 0.756. The second-order valence-corrected chi connectivity index (χ2v) is 7.70. The Morgan fingerprint density at radius 3 is 2.55 bits per heavy atom. The van der Waals surface area contributed by atoms with Crippen LogP contribution >= 0.6 is 10.7 Å². The monoisotopic (exact) mass is 316 g/mol. The third-order valence-electron chi connectivity index (χ3n) is 2.40. The van der Waals surface area contributed by atoms with Gasteiger partial charge in [-0.3, -0.25) is 0 Å². The minimum absolute atomic E-state index is 0.0912. The fourth-order valence-corrected chi connectivity index (χ4v) is 2.75. The second-order valence-electron chi connectivity index (χ2n) is 5.16. The summed E-state index contributed by atoms with van der Waals surface area (Å²) in [7, 11) is 1.44. The number of ether oxygens (including phenoxy) is 1. The summed E-state index contributed by atoms with van der Waals surface area (Å²) in [5, 5.41) is 4.14. The van der Waals surface area contributed by atoms with Crippen molar-refractivity contribution in [2.75, 3.05) is 0 Å². The molecular formula is C12H13ClN2O4S. The summed E-state index contributed by atoms with van der Waals surface area (Å²) >= 11 is 0. The Hall–Kier alpha value is -1.60. The van der Waals surface area contributed by atoms with Crippen molar-refractivity contribution in [3.63, 3.8) is 0 Å². The van der Waals surface area contributed by atoms with E-state index in [9.17, 15) is 13.2 Å². The molecule has 1 aromatic carbocycles. The number of nitrogens with zero attached hydrogens (tertiary/aromatic N) is 2. The molecule has 0 unspecified atom stereocenters. The maximum atomic E-state index is 12.0. The van der Waals surface area contributed by atoms with E-state index in [1.807, 2.05) is 0 Å². The van der Waals surface area contributed by atoms with Crippen molar-refractivity contribution in [2.24, 2.45) is 0 Å². The molecule has 1 heterocycles. The van der Waals surface area contributed by atoms with E-state index in [1.165, 1.54) is 18.3 Å². The van der Waals surface area contributed by atoms with E-state index in [0.29, 0.717) is 5.52 Å². The third kappa shape index (κ3) is 2.94. The maximum Gasteiger partial charge on any atom is 0.435 e. The Morgan fingerprint density at radius 2 is 2.00 bits per heavy atom. The maximum absolute atomic E-state index is 12.0. The predicted molar refractivity (Wildman–Crippen MR) is 74.4 cm³/mol. The zero-order valence-corrected chi connectivity index (χ0v) is 12.7. The van der Waals surface area contributed by atoms with Crippen molar-refractivity contribution in [3.8, 4) is 0 Å². The Labute approximate surface area is 120 Å². The SMILES string of the molecule is CC(C)(C)OC(=O)n1ncc2c(S(=O)(=O)Cl)cccc21. The number of carbonyl (C=O) groups is 1. The molecule has 0 aliphatic rings. The standard InChI is InChI=1S/C12H13ClN2O4S/c1-12(2,3)19-11(16)15-9-5-4-6-10(20(13,17)18)8(9)7-14-15/h4-7H,1-3H3. The topological polar surface area (TPSA) is 78.3 Å². The highest BCUT2D eigenvalue weighted by atomic mass is 35.7. The molecule has 1 aromatic heterocycles. The largest absolute Gasteiger partial charge is 0.442 e. The highest BCUT2D eigenvalue weighted by Gasteiger charge is 2.22. The minimum atomic E-state index is -3.91. The van der Waals surface area contributed by atoms with Crippen LogP contribution in [0, 0.1) is 0 Å². The molecule has 0 saturated heterocycles. The zero-order valence-electron chi connectivity index (χ0n) is 11.1. The van der Waals surface area contributed by atoms with Gasteiger partial charge in [0.1, 0.15) is 5.60 Å². The molecule has 2 aromatic rings. The van der Waals surface area contributed by atoms with Crippen LogP contribution in [0.3, 0.4) is 0 Å². The molecule has 0 fully saturated rings. The van der Waals surface area contributed by atoms with Crippen LogP contribution in [0.5, 0.6) is 0 Å². The Balaban J connectivity index is 2.57. The van der Waals surface area contributed by atoms with E-state index < -0.39 is 20.7 Å². The average molecular weight is 317 g/mol. The lowest BCUT2D eigenvalue weighted by Crippen LogP contribution is -2.27. The van der Waals surface area contributed by atoms with E-state index in [2.05, 4.69) is 5.10 Å². The van der Waals surface area contributed by atoms with Gasteiger partial charge in [-0.05, 0) is 32.9 Å². The Morgan fingerprint density at radius 1 is 1.35 bits per heavy atom. The number of fused-ring (bicyclic) bond motifs is 1. The second kappa shape index (κ2) is 4.75. The number of hydrogen-bond acceptors (Lipinski definition) is 5. The van der Waals surface area contributed by atoms with Crippen LogP contribution in [0.25, 0.3) is 10.9 Å². The lowest BCUT2D eigenvalue weighted by molar-refractivity contribution is 0.0522. The first-order chi connectivity index (χ1) is 9.09. The van der Waals surface area contributed by atoms with Gasteiger partial charge in [0.25, 0.3) is 9.05 Å². The van der Waals surface area contributed by atoms with Gasteiger partial charge < -0.3 is 4.74 Å². The number of rotatable bonds is 1. The minimum Gasteiger partial charge on any atom is -0.442 e. The number of hydrogen-bond donors (Lipinski definition) is 0. The van der Waals surface area contributed by atoms with Crippen LogP contribution in [0.15, 0.2) is 29.3 Å². The summed E-state index contributed by atoms with van der Waals surface area (Å²) in [5.41, 5.74) is -0.355. The molecule has 108 valence electrons. The van der Waals surface area contributed by atoms with Crippen LogP contribution in [0.4, 0.5) is 4.79 Å². The van der Waals surface area contributed by atoms with Gasteiger partial charge in [0.2, 0.25) is 0 Å². The van der Waals surface area contributed by atoms with Gasteiger partial charge in [0.15, 0.2) is 0 Å². The number of carbonyl (C=O) groups excluding carboxylic acids is 1. The molecule has 20 heavy (non-hydrogen) atoms. The summed E-state index contributed by atoms with van der Waals surface area (Å²) in [6.45, 7) is 5.18. The fraction of sp³-hybridized carbons (Fsp3) is 0.333. The van der Waals surface area contributed by atoms with Crippen molar-refractivity contribution < 1.29 is 17.9 Å². The molecule has 0 aliphatic heterocycles. The molecule has 6 nitrogen and oxygen atoms in total. The molecule has 0 bridgehead atoms. The van der Waals surface area contributed by atoms with E-state index in [1.54, 1.807) is 26.8 Å². The van der Waals surface area contributed by atoms with Gasteiger partial charge >= 0.3 is 6.09 Å². The summed E-state index contributed by atoms with van der Waals surface area (Å²) in [6, 6.07) is 4.41. The van der Waals surface area contributed by atoms with Crippen LogP contribution in [-0.2, 0) is 13.8 Å². The van der Waals surface area contributed by atoms with Crippen molar-refractivity contribution in [1.82, 2.24) is 9.78 Å². The number of aromatic nitrogens is 2. The van der Waals surface area contributed by atoms with E-state index >= 15 is 0 Å². The van der Waals surface area contributed by atoms with Crippen LogP contribution in [-0.4, -0.2) is 29.9 Å². The first-order valence-electron chi connectivity index (χ1n) is 5.74. The summed E-state index contributed by atoms with van der Waals surface area (Å²) in [4.78, 5) is 11.9. The average Bonchev–Trinajstić information content (AvgIpc) is 2.68. The molecule has 8 heteroatoms. The zero-order chi connectivity index (χ0) is 15.1. The first-order valence-corrected chi connectivity index (χ1v) is 8.05. The van der Waals surface area contributed by atoms with Crippen molar-refractivity contribution in [3.05, 3.63) is 24.4 Å². The third-order valence-corrected chi connectivity index (χ3v) is 3.78. The first kappa shape index (κ1) is 14.8. The summed E-state index contributed by atoms with van der Waals surface area (Å²) < 4.78 is 29.1. The molecule has 0 amide bonds. The van der Waals surface area contributed by atoms with Gasteiger partial charge in [0, 0.05) is 16.1 Å². The highest BCUT2D eigenvalue weighted by Crippen LogP contribution is 2.26. The molecule has 2 rings (SSSR count). The molecule has 0 spiro atoms. The number of halogens is 1. The van der Waals surface area contributed by atoms with E-state index in [-0.39, 0.29) is 10.3 Å². The van der Waals surface area contributed by atoms with Gasteiger partial charge in [-0.25, -0.2) is 13.2 Å². The normalized spacial score (nSPS) is 12.6. The van der Waals surface area contributed by atoms with Gasteiger partial charge in [0.05, 0.1) is 16.6 Å². The molecule has 0 saturated carbocycles. The van der Waals surface area contributed by atoms with Crippen LogP contribution in [0.1, 0.15) is 20.8 Å². The van der Waals surface area contributed by atoms with Gasteiger partial charge in [-0.1, -0.05) is 6.07 Å². The lowest BCUT2D eigenvalue weighted by atomic mass is 10.2. The molecular weight excluding hydrogens is 304 g/mol. The molecule has 0 aliphatic carbocycles. The van der Waals surface area contributed by atoms with Gasteiger partial charge in [-0.15, -0.1) is 0 Å². The highest BCUT2D eigenvalue weighted by molar-refractivity contribution is 8.14. The Kier molecular flexibility index (Phi) is 3.51. The van der Waals surface area contributed by atoms with E-state index in [4.69, 9.17) is 15.4 Å². The van der Waals surface area contributed by atoms with Crippen molar-refractivity contribution in [2.45, 2.75) is 31.3 Å². The van der Waals surface area contributed by atoms with Crippen LogP contribution < -0.4 is 0 Å². The molecule has 0 radical (unpaired) electrons. The predicted octanol–water partition coefficient (Wildman–Crippen LogP) is 2.75. The summed E-state index contributed by atoms with van der Waals surface area (Å²) in [6.07, 6.45) is 0.589. The fourth-order valence-electron chi connectivity index (χ4n) is 1.69. The van der Waals surface area contributed by atoms with Crippen LogP contribution in [0.2, 0.25) is 0 Å². The van der Waals surface area contributed by atoms with Crippen molar-refractivity contribution in [1.29, 1.82) is 0 Å². The number of benzene rings is 1. The summed E-state index contributed by atoms with van der Waals surface area (Å²) in [5.74, 6) is 0. The molecule has 0 atom stereocenters. The van der Waals surface area contributed by atoms with Crippen molar-refractivity contribution >= 4 is 36.7 Å². The smallest absolute Gasteiger partial charge is 0.435 e. The Bertz CT molecular complexity index is 774. The van der Waals surface area contributed by atoms with E-state index in [0.717, 1.165) is 4.68 Å². The van der Waals surface area contributed by atoms with Gasteiger partial charge in [-0.2, -0.15) is 9.78 Å². The molecule has 0 N–H and O–H groups in total. The lowest BCUT2D eigenvalue weighted by Gasteiger charge is -2.19.